The van der Waals surface area contributed by atoms with Crippen molar-refractivity contribution in [3.8, 4) is 0 Å². The quantitative estimate of drug-likeness (QED) is 0.310. The van der Waals surface area contributed by atoms with E-state index in [4.69, 9.17) is 11.1 Å². The normalized spacial score (nSPS) is 40.9. The molecule has 4 bridgehead atoms. The first-order valence-corrected chi connectivity index (χ1v) is 13.3. The molecule has 0 aromatic heterocycles. The second-order valence-electron chi connectivity index (χ2n) is 8.62. The summed E-state index contributed by atoms with van der Waals surface area (Å²) in [5.41, 5.74) is 0.587. The van der Waals surface area contributed by atoms with Gasteiger partial charge in [-0.05, 0) is 73.7 Å². The minimum atomic E-state index is -1.33. The van der Waals surface area contributed by atoms with Crippen LogP contribution in [0.15, 0.2) is 37.0 Å². The van der Waals surface area contributed by atoms with Crippen LogP contribution in [0.4, 0.5) is 0 Å². The van der Waals surface area contributed by atoms with Crippen LogP contribution in [0.5, 0.6) is 0 Å². The lowest BCUT2D eigenvalue weighted by Crippen LogP contribution is -2.21. The van der Waals surface area contributed by atoms with Crippen LogP contribution in [0, 0.1) is 29.1 Å². The Morgan fingerprint density at radius 2 is 2.05 bits per heavy atom. The first-order chi connectivity index (χ1) is 10.4. The molecule has 0 radical (unpaired) electrons. The van der Waals surface area contributed by atoms with Gasteiger partial charge in [0.1, 0.15) is 0 Å². The molecule has 0 nitrogen and oxygen atoms in total. The molecular formula is C20H31ClSi. The summed E-state index contributed by atoms with van der Waals surface area (Å²) in [6.45, 7) is 8.35. The van der Waals surface area contributed by atoms with Gasteiger partial charge in [-0.1, -0.05) is 43.5 Å². The van der Waals surface area contributed by atoms with E-state index < -0.39 is 7.38 Å². The molecule has 4 aliphatic rings. The Morgan fingerprint density at radius 1 is 1.23 bits per heavy atom. The lowest BCUT2D eigenvalue weighted by atomic mass is 9.85. The maximum absolute atomic E-state index is 6.36. The molecule has 0 aliphatic heterocycles. The lowest BCUT2D eigenvalue weighted by molar-refractivity contribution is 0.387. The fourth-order valence-corrected chi connectivity index (χ4v) is 6.18. The van der Waals surface area contributed by atoms with Crippen LogP contribution < -0.4 is 0 Å². The molecule has 0 spiro atoms. The van der Waals surface area contributed by atoms with Crippen molar-refractivity contribution in [3.05, 3.63) is 37.0 Å². The SMILES string of the molecule is C=CC1CC2C=CC1C2.C[Si](C)(Cl)CCC12C=CC(CC1)C2. The van der Waals surface area contributed by atoms with Crippen LogP contribution in [0.25, 0.3) is 0 Å². The molecule has 22 heavy (non-hydrogen) atoms. The van der Waals surface area contributed by atoms with Crippen LogP contribution in [-0.4, -0.2) is 7.38 Å². The van der Waals surface area contributed by atoms with Gasteiger partial charge in [0.05, 0.1) is 0 Å². The number of fused-ring (bicyclic) bond motifs is 4. The van der Waals surface area contributed by atoms with Crippen LogP contribution in [0.3, 0.4) is 0 Å². The van der Waals surface area contributed by atoms with Crippen molar-refractivity contribution in [2.75, 3.05) is 0 Å². The van der Waals surface area contributed by atoms with E-state index in [9.17, 15) is 0 Å². The summed E-state index contributed by atoms with van der Waals surface area (Å²) in [7, 11) is -1.33. The molecule has 0 aromatic rings. The zero-order valence-corrected chi connectivity index (χ0v) is 16.0. The van der Waals surface area contributed by atoms with Crippen molar-refractivity contribution >= 4 is 18.5 Å². The molecule has 2 saturated carbocycles. The number of halogens is 1. The highest BCUT2D eigenvalue weighted by molar-refractivity contribution is 7.19. The maximum atomic E-state index is 6.36. The highest BCUT2D eigenvalue weighted by atomic mass is 35.6. The Kier molecular flexibility index (Phi) is 4.76. The molecule has 122 valence electrons. The van der Waals surface area contributed by atoms with Gasteiger partial charge in [0.15, 0.2) is 7.38 Å². The molecule has 0 N–H and O–H groups in total. The fraction of sp³-hybridized carbons (Fsp3) is 0.700. The Labute approximate surface area is 142 Å². The van der Waals surface area contributed by atoms with Crippen LogP contribution in [0.2, 0.25) is 19.1 Å². The average Bonchev–Trinajstić information content (AvgIpc) is 3.25. The topological polar surface area (TPSA) is 0 Å². The third kappa shape index (κ3) is 3.79. The van der Waals surface area contributed by atoms with E-state index in [-0.39, 0.29) is 0 Å². The zero-order valence-electron chi connectivity index (χ0n) is 14.2. The van der Waals surface area contributed by atoms with Gasteiger partial charge >= 0.3 is 0 Å². The summed E-state index contributed by atoms with van der Waals surface area (Å²) >= 11 is 6.36. The standard InChI is InChI=1S/C11H19ClSi.C9H12/c1-13(2,12)8-7-11-5-3-10(9-11)4-6-11;1-2-8-5-7-3-4-9(8)6-7/h3,5,10H,4,6-9H2,1-2H3;2-4,7-9H,1,5-6H2. The van der Waals surface area contributed by atoms with Crippen LogP contribution in [0.1, 0.15) is 38.5 Å². The smallest absolute Gasteiger partial charge is 0.150 e. The van der Waals surface area contributed by atoms with Gasteiger partial charge in [-0.15, -0.1) is 6.58 Å². The largest absolute Gasteiger partial charge is 0.168 e. The number of allylic oxidation sites excluding steroid dienone is 5. The third-order valence-electron chi connectivity index (χ3n) is 6.25. The van der Waals surface area contributed by atoms with E-state index in [1.807, 2.05) is 0 Å². The van der Waals surface area contributed by atoms with E-state index in [0.717, 1.165) is 23.7 Å². The molecule has 0 heterocycles. The van der Waals surface area contributed by atoms with Crippen molar-refractivity contribution in [2.24, 2.45) is 29.1 Å². The van der Waals surface area contributed by atoms with Gasteiger partial charge in [0.2, 0.25) is 0 Å². The third-order valence-corrected chi connectivity index (χ3v) is 8.26. The molecule has 2 fully saturated rings. The number of rotatable bonds is 4. The van der Waals surface area contributed by atoms with E-state index in [1.54, 1.807) is 0 Å². The first kappa shape index (κ1) is 16.6. The number of hydrogen-bond donors (Lipinski definition) is 0. The van der Waals surface area contributed by atoms with Crippen molar-refractivity contribution in [1.29, 1.82) is 0 Å². The molecule has 0 aromatic carbocycles. The molecule has 5 atom stereocenters. The van der Waals surface area contributed by atoms with Crippen molar-refractivity contribution < 1.29 is 0 Å². The minimum absolute atomic E-state index is 0.587. The summed E-state index contributed by atoms with van der Waals surface area (Å²) < 4.78 is 0. The molecule has 4 rings (SSSR count). The van der Waals surface area contributed by atoms with E-state index in [1.165, 1.54) is 44.6 Å². The van der Waals surface area contributed by atoms with Gasteiger partial charge in [-0.3, -0.25) is 0 Å². The first-order valence-electron chi connectivity index (χ1n) is 9.08. The highest BCUT2D eigenvalue weighted by Gasteiger charge is 2.41. The summed E-state index contributed by atoms with van der Waals surface area (Å²) in [5, 5.41) is 0. The monoisotopic (exact) mass is 334 g/mol. The van der Waals surface area contributed by atoms with E-state index in [2.05, 4.69) is 50.1 Å². The maximum Gasteiger partial charge on any atom is 0.150 e. The van der Waals surface area contributed by atoms with Gasteiger partial charge in [-0.2, -0.15) is 11.1 Å². The van der Waals surface area contributed by atoms with E-state index in [0.29, 0.717) is 5.41 Å². The predicted octanol–water partition coefficient (Wildman–Crippen LogP) is 6.56. The Bertz CT molecular complexity index is 473. The molecule has 5 unspecified atom stereocenters. The lowest BCUT2D eigenvalue weighted by Gasteiger charge is -2.26. The number of hydrogen-bond acceptors (Lipinski definition) is 0. The molecule has 4 aliphatic carbocycles. The van der Waals surface area contributed by atoms with Crippen LogP contribution in [-0.2, 0) is 0 Å². The van der Waals surface area contributed by atoms with Gasteiger partial charge in [0.25, 0.3) is 0 Å². The Hall–Kier alpha value is -0.273. The highest BCUT2D eigenvalue weighted by Crippen LogP contribution is 2.52. The predicted molar refractivity (Wildman–Crippen MR) is 101 cm³/mol. The van der Waals surface area contributed by atoms with E-state index >= 15 is 0 Å². The summed E-state index contributed by atoms with van der Waals surface area (Å²) in [6.07, 6.45) is 20.2. The Morgan fingerprint density at radius 3 is 2.41 bits per heavy atom. The molecule has 0 amide bonds. The second kappa shape index (κ2) is 6.32. The molecule has 0 saturated heterocycles. The van der Waals surface area contributed by atoms with Crippen molar-refractivity contribution in [3.63, 3.8) is 0 Å². The summed E-state index contributed by atoms with van der Waals surface area (Å²) in [4.78, 5) is 0. The average molecular weight is 335 g/mol. The van der Waals surface area contributed by atoms with Gasteiger partial charge in [0, 0.05) is 0 Å². The summed E-state index contributed by atoms with van der Waals surface area (Å²) in [5.74, 6) is 3.48. The molecular weight excluding hydrogens is 304 g/mol. The Balaban J connectivity index is 0.000000139. The minimum Gasteiger partial charge on any atom is -0.168 e. The second-order valence-corrected chi connectivity index (χ2v) is 15.6. The van der Waals surface area contributed by atoms with Crippen molar-refractivity contribution in [2.45, 2.75) is 57.7 Å². The van der Waals surface area contributed by atoms with Gasteiger partial charge in [-0.25, -0.2) is 0 Å². The zero-order chi connectivity index (χ0) is 15.8. The fourth-order valence-electron chi connectivity index (χ4n) is 4.81. The molecule has 2 heteroatoms. The van der Waals surface area contributed by atoms with Crippen LogP contribution >= 0.6 is 11.1 Å². The van der Waals surface area contributed by atoms with Crippen molar-refractivity contribution in [1.82, 2.24) is 0 Å². The summed E-state index contributed by atoms with van der Waals surface area (Å²) in [6, 6.07) is 1.28. The van der Waals surface area contributed by atoms with Gasteiger partial charge < -0.3 is 0 Å².